The standard InChI is InChI=1S/C23H23ClN2O5/c1-4-5-13-31-18-12-11-15(14-17(18)24)20-19(22(27)29-2)21(23(28)30-3)26(25-20)16-9-7-6-8-10-16/h6-12,14H,4-5,13H2,1-3H3. The lowest BCUT2D eigenvalue weighted by Crippen LogP contribution is -2.15. The zero-order chi connectivity index (χ0) is 22.4. The van der Waals surface area contributed by atoms with E-state index >= 15 is 0 Å². The summed E-state index contributed by atoms with van der Waals surface area (Å²) in [6.45, 7) is 2.63. The first-order valence-corrected chi connectivity index (χ1v) is 10.2. The summed E-state index contributed by atoms with van der Waals surface area (Å²) in [5.74, 6) is -0.889. The Bertz CT molecular complexity index is 1080. The number of aromatic nitrogens is 2. The predicted octanol–water partition coefficient (Wildman–Crippen LogP) is 4.94. The molecule has 0 amide bonds. The molecule has 0 radical (unpaired) electrons. The summed E-state index contributed by atoms with van der Waals surface area (Å²) in [6.07, 6.45) is 1.92. The van der Waals surface area contributed by atoms with Gasteiger partial charge in [-0.3, -0.25) is 0 Å². The molecule has 0 spiro atoms. The largest absolute Gasteiger partial charge is 0.492 e. The maximum absolute atomic E-state index is 12.7. The van der Waals surface area contributed by atoms with E-state index in [1.807, 2.05) is 6.07 Å². The topological polar surface area (TPSA) is 79.7 Å². The molecule has 0 N–H and O–H groups in total. The van der Waals surface area contributed by atoms with Crippen molar-refractivity contribution in [2.75, 3.05) is 20.8 Å². The second-order valence-electron chi connectivity index (χ2n) is 6.65. The molecule has 3 aromatic rings. The quantitative estimate of drug-likeness (QED) is 0.363. The number of hydrogen-bond donors (Lipinski definition) is 0. The second-order valence-corrected chi connectivity index (χ2v) is 7.06. The minimum absolute atomic E-state index is 0.00563. The van der Waals surface area contributed by atoms with Gasteiger partial charge in [0.25, 0.3) is 0 Å². The molecule has 31 heavy (non-hydrogen) atoms. The summed E-state index contributed by atoms with van der Waals surface area (Å²) in [5, 5.41) is 4.92. The number of halogens is 1. The van der Waals surface area contributed by atoms with Crippen LogP contribution < -0.4 is 4.74 Å². The normalized spacial score (nSPS) is 10.6. The number of ether oxygens (including phenoxy) is 3. The van der Waals surface area contributed by atoms with E-state index in [9.17, 15) is 9.59 Å². The highest BCUT2D eigenvalue weighted by Gasteiger charge is 2.31. The fraction of sp³-hybridized carbons (Fsp3) is 0.261. The van der Waals surface area contributed by atoms with Crippen LogP contribution in [0.5, 0.6) is 5.75 Å². The van der Waals surface area contributed by atoms with Crippen LogP contribution in [0.25, 0.3) is 16.9 Å². The smallest absolute Gasteiger partial charge is 0.357 e. The van der Waals surface area contributed by atoms with E-state index in [1.54, 1.807) is 42.5 Å². The third kappa shape index (κ3) is 4.72. The monoisotopic (exact) mass is 442 g/mol. The highest BCUT2D eigenvalue weighted by Crippen LogP contribution is 2.34. The van der Waals surface area contributed by atoms with E-state index in [0.29, 0.717) is 28.6 Å². The average Bonchev–Trinajstić information content (AvgIpc) is 3.20. The highest BCUT2D eigenvalue weighted by atomic mass is 35.5. The molecule has 0 aliphatic heterocycles. The summed E-state index contributed by atoms with van der Waals surface area (Å²) in [6, 6.07) is 14.1. The molecule has 0 atom stereocenters. The lowest BCUT2D eigenvalue weighted by Gasteiger charge is -2.09. The molecule has 1 heterocycles. The molecule has 7 nitrogen and oxygen atoms in total. The van der Waals surface area contributed by atoms with Crippen molar-refractivity contribution in [3.63, 3.8) is 0 Å². The van der Waals surface area contributed by atoms with E-state index in [4.69, 9.17) is 25.8 Å². The number of methoxy groups -OCH3 is 2. The van der Waals surface area contributed by atoms with Gasteiger partial charge < -0.3 is 14.2 Å². The maximum Gasteiger partial charge on any atom is 0.357 e. The van der Waals surface area contributed by atoms with Gasteiger partial charge in [-0.15, -0.1) is 0 Å². The fourth-order valence-electron chi connectivity index (χ4n) is 3.05. The first-order chi connectivity index (χ1) is 15.0. The number of hydrogen-bond acceptors (Lipinski definition) is 6. The average molecular weight is 443 g/mol. The zero-order valence-electron chi connectivity index (χ0n) is 17.6. The van der Waals surface area contributed by atoms with E-state index in [-0.39, 0.29) is 17.0 Å². The number of nitrogens with zero attached hydrogens (tertiary/aromatic N) is 2. The first kappa shape index (κ1) is 22.4. The molecular formula is C23H23ClN2O5. The molecule has 1 aromatic heterocycles. The molecule has 3 rings (SSSR count). The molecule has 0 fully saturated rings. The molecule has 8 heteroatoms. The summed E-state index contributed by atoms with van der Waals surface area (Å²) >= 11 is 6.41. The van der Waals surface area contributed by atoms with Crippen molar-refractivity contribution in [2.45, 2.75) is 19.8 Å². The van der Waals surface area contributed by atoms with Gasteiger partial charge in [0.05, 0.1) is 31.5 Å². The second kappa shape index (κ2) is 10.1. The van der Waals surface area contributed by atoms with Crippen LogP contribution in [-0.4, -0.2) is 42.5 Å². The van der Waals surface area contributed by atoms with Crippen molar-refractivity contribution in [3.05, 3.63) is 64.8 Å². The van der Waals surface area contributed by atoms with Crippen LogP contribution >= 0.6 is 11.6 Å². The van der Waals surface area contributed by atoms with Crippen LogP contribution in [-0.2, 0) is 9.47 Å². The number of carbonyl (C=O) groups is 2. The summed E-state index contributed by atoms with van der Waals surface area (Å²) in [7, 11) is 2.48. The van der Waals surface area contributed by atoms with Crippen LogP contribution in [0, 0.1) is 0 Å². The van der Waals surface area contributed by atoms with Crippen molar-refractivity contribution in [1.82, 2.24) is 9.78 Å². The molecule has 0 saturated carbocycles. The predicted molar refractivity (Wildman–Crippen MR) is 117 cm³/mol. The van der Waals surface area contributed by atoms with Gasteiger partial charge in [0.1, 0.15) is 17.0 Å². The van der Waals surface area contributed by atoms with E-state index in [2.05, 4.69) is 12.0 Å². The Morgan fingerprint density at radius 2 is 1.74 bits per heavy atom. The van der Waals surface area contributed by atoms with Crippen molar-refractivity contribution in [1.29, 1.82) is 0 Å². The Kier molecular flexibility index (Phi) is 7.31. The van der Waals surface area contributed by atoms with E-state index in [0.717, 1.165) is 12.8 Å². The molecular weight excluding hydrogens is 420 g/mol. The van der Waals surface area contributed by atoms with Gasteiger partial charge in [-0.2, -0.15) is 5.10 Å². The summed E-state index contributed by atoms with van der Waals surface area (Å²) in [4.78, 5) is 25.3. The fourth-order valence-corrected chi connectivity index (χ4v) is 3.28. The van der Waals surface area contributed by atoms with Gasteiger partial charge in [-0.05, 0) is 36.8 Å². The number of esters is 2. The molecule has 0 aliphatic carbocycles. The number of benzene rings is 2. The summed E-state index contributed by atoms with van der Waals surface area (Å²) < 4.78 is 16.9. The Morgan fingerprint density at radius 1 is 1.03 bits per heavy atom. The minimum Gasteiger partial charge on any atom is -0.492 e. The van der Waals surface area contributed by atoms with E-state index in [1.165, 1.54) is 18.9 Å². The van der Waals surface area contributed by atoms with E-state index < -0.39 is 11.9 Å². The van der Waals surface area contributed by atoms with Gasteiger partial charge in [0.15, 0.2) is 5.69 Å². The number of para-hydroxylation sites is 1. The Morgan fingerprint density at radius 3 is 2.35 bits per heavy atom. The van der Waals surface area contributed by atoms with Gasteiger partial charge in [0, 0.05) is 5.56 Å². The Labute approximate surface area is 185 Å². The number of carbonyl (C=O) groups excluding carboxylic acids is 2. The molecule has 0 aliphatic rings. The molecule has 2 aromatic carbocycles. The highest BCUT2D eigenvalue weighted by molar-refractivity contribution is 6.32. The third-order valence-corrected chi connectivity index (χ3v) is 4.91. The lowest BCUT2D eigenvalue weighted by atomic mass is 10.1. The van der Waals surface area contributed by atoms with Gasteiger partial charge in [-0.1, -0.05) is 43.1 Å². The first-order valence-electron chi connectivity index (χ1n) is 9.79. The Hall–Kier alpha value is -3.32. The molecule has 0 bridgehead atoms. The molecule has 0 unspecified atom stereocenters. The van der Waals surface area contributed by atoms with Gasteiger partial charge in [-0.25, -0.2) is 14.3 Å². The maximum atomic E-state index is 12.7. The van der Waals surface area contributed by atoms with Crippen molar-refractivity contribution < 1.29 is 23.8 Å². The molecule has 162 valence electrons. The summed E-state index contributed by atoms with van der Waals surface area (Å²) in [5.41, 5.74) is 1.33. The van der Waals surface area contributed by atoms with Gasteiger partial charge >= 0.3 is 11.9 Å². The van der Waals surface area contributed by atoms with Crippen LogP contribution in [0.1, 0.15) is 40.6 Å². The Balaban J connectivity index is 2.18. The molecule has 0 saturated heterocycles. The van der Waals surface area contributed by atoms with Gasteiger partial charge in [0.2, 0.25) is 0 Å². The van der Waals surface area contributed by atoms with Crippen LogP contribution in [0.4, 0.5) is 0 Å². The SMILES string of the molecule is CCCCOc1ccc(-c2nn(-c3ccccc3)c(C(=O)OC)c2C(=O)OC)cc1Cl. The number of unbranched alkanes of at least 4 members (excludes halogenated alkanes) is 1. The van der Waals surface area contributed by atoms with Crippen molar-refractivity contribution in [3.8, 4) is 22.7 Å². The number of rotatable bonds is 8. The minimum atomic E-state index is -0.714. The third-order valence-electron chi connectivity index (χ3n) is 4.62. The zero-order valence-corrected chi connectivity index (χ0v) is 18.3. The lowest BCUT2D eigenvalue weighted by molar-refractivity contribution is 0.0549. The van der Waals surface area contributed by atoms with Crippen LogP contribution in [0.2, 0.25) is 5.02 Å². The van der Waals surface area contributed by atoms with Crippen molar-refractivity contribution in [2.24, 2.45) is 0 Å². The van der Waals surface area contributed by atoms with Crippen molar-refractivity contribution >= 4 is 23.5 Å². The van der Waals surface area contributed by atoms with Crippen LogP contribution in [0.3, 0.4) is 0 Å². The van der Waals surface area contributed by atoms with Crippen LogP contribution in [0.15, 0.2) is 48.5 Å².